The van der Waals surface area contributed by atoms with Crippen LogP contribution in [0.3, 0.4) is 0 Å². The molecule has 0 saturated carbocycles. The highest BCUT2D eigenvalue weighted by atomic mass is 14.2. The maximum atomic E-state index is 2.49. The monoisotopic (exact) mass is 254 g/mol. The van der Waals surface area contributed by atoms with Crippen LogP contribution >= 0.6 is 0 Å². The van der Waals surface area contributed by atoms with Gasteiger partial charge in [0, 0.05) is 0 Å². The van der Waals surface area contributed by atoms with Crippen LogP contribution in [0.15, 0.2) is 0 Å². The first-order valence-corrected chi connectivity index (χ1v) is 8.54. The molecule has 0 amide bonds. The average molecular weight is 255 g/mol. The minimum Gasteiger partial charge on any atom is -0.0654 e. The number of unbranched alkanes of at least 4 members (excludes halogenated alkanes) is 1. The van der Waals surface area contributed by atoms with Crippen molar-refractivity contribution in [1.82, 2.24) is 0 Å². The highest BCUT2D eigenvalue weighted by Gasteiger charge is 2.18. The van der Waals surface area contributed by atoms with Crippen molar-refractivity contribution in [2.75, 3.05) is 0 Å². The lowest BCUT2D eigenvalue weighted by Crippen LogP contribution is -2.15. The lowest BCUT2D eigenvalue weighted by Gasteiger charge is -2.26. The van der Waals surface area contributed by atoms with E-state index in [1.165, 1.54) is 51.4 Å². The fraction of sp³-hybridized carbons (Fsp3) is 1.00. The third kappa shape index (κ3) is 8.16. The largest absolute Gasteiger partial charge is 0.0654 e. The fourth-order valence-corrected chi connectivity index (χ4v) is 3.58. The summed E-state index contributed by atoms with van der Waals surface area (Å²) in [5.41, 5.74) is 0. The summed E-state index contributed by atoms with van der Waals surface area (Å²) in [5, 5.41) is 0. The summed E-state index contributed by atoms with van der Waals surface area (Å²) >= 11 is 0. The molecule has 0 nitrogen and oxygen atoms in total. The van der Waals surface area contributed by atoms with Crippen molar-refractivity contribution in [3.63, 3.8) is 0 Å². The van der Waals surface area contributed by atoms with Crippen LogP contribution < -0.4 is 0 Å². The van der Waals surface area contributed by atoms with Crippen molar-refractivity contribution < 1.29 is 0 Å². The zero-order valence-corrected chi connectivity index (χ0v) is 14.0. The van der Waals surface area contributed by atoms with Gasteiger partial charge in [-0.15, -0.1) is 0 Å². The van der Waals surface area contributed by atoms with E-state index >= 15 is 0 Å². The molecule has 0 aromatic carbocycles. The van der Waals surface area contributed by atoms with E-state index in [-0.39, 0.29) is 0 Å². The Morgan fingerprint density at radius 2 is 1.39 bits per heavy atom. The van der Waals surface area contributed by atoms with Crippen LogP contribution in [0.1, 0.15) is 92.9 Å². The van der Waals surface area contributed by atoms with Crippen molar-refractivity contribution in [3.05, 3.63) is 0 Å². The van der Waals surface area contributed by atoms with Crippen LogP contribution in [0.5, 0.6) is 0 Å². The summed E-state index contributed by atoms with van der Waals surface area (Å²) in [6.45, 7) is 14.4. The molecule has 0 heteroatoms. The quantitative estimate of drug-likeness (QED) is 0.385. The van der Waals surface area contributed by atoms with Gasteiger partial charge in [-0.3, -0.25) is 0 Å². The van der Waals surface area contributed by atoms with Crippen LogP contribution in [0.2, 0.25) is 0 Å². The Hall–Kier alpha value is 0. The molecule has 0 aromatic heterocycles. The van der Waals surface area contributed by atoms with Crippen molar-refractivity contribution in [2.45, 2.75) is 92.9 Å². The van der Waals surface area contributed by atoms with Gasteiger partial charge in [-0.05, 0) is 36.5 Å². The van der Waals surface area contributed by atoms with Gasteiger partial charge in [0.25, 0.3) is 0 Å². The zero-order chi connectivity index (χ0) is 14.0. The predicted octanol–water partition coefficient (Wildman–Crippen LogP) is 6.69. The molecule has 0 radical (unpaired) electrons. The third-order valence-corrected chi connectivity index (χ3v) is 4.62. The highest BCUT2D eigenvalue weighted by Crippen LogP contribution is 2.30. The first-order valence-electron chi connectivity index (χ1n) is 8.54. The number of rotatable bonds is 11. The summed E-state index contributed by atoms with van der Waals surface area (Å²) in [6, 6.07) is 0. The molecule has 110 valence electrons. The Balaban J connectivity index is 3.98. The minimum atomic E-state index is 0.914. The zero-order valence-electron chi connectivity index (χ0n) is 14.0. The first kappa shape index (κ1) is 18.0. The van der Waals surface area contributed by atoms with Crippen molar-refractivity contribution in [1.29, 1.82) is 0 Å². The highest BCUT2D eigenvalue weighted by molar-refractivity contribution is 4.69. The minimum absolute atomic E-state index is 0.914. The average Bonchev–Trinajstić information content (AvgIpc) is 2.29. The van der Waals surface area contributed by atoms with Crippen LogP contribution in [-0.2, 0) is 0 Å². The van der Waals surface area contributed by atoms with Crippen LogP contribution in [0.25, 0.3) is 0 Å². The van der Waals surface area contributed by atoms with E-state index in [0.717, 1.165) is 23.7 Å². The first-order chi connectivity index (χ1) is 8.54. The summed E-state index contributed by atoms with van der Waals surface area (Å²) in [4.78, 5) is 0. The van der Waals surface area contributed by atoms with E-state index < -0.39 is 0 Å². The molecule has 0 rings (SSSR count). The van der Waals surface area contributed by atoms with Gasteiger partial charge in [-0.1, -0.05) is 80.1 Å². The Morgan fingerprint density at radius 1 is 0.722 bits per heavy atom. The van der Waals surface area contributed by atoms with Gasteiger partial charge in [0.2, 0.25) is 0 Å². The molecular weight excluding hydrogens is 216 g/mol. The fourth-order valence-electron chi connectivity index (χ4n) is 3.58. The Bertz CT molecular complexity index is 173. The molecule has 4 atom stereocenters. The van der Waals surface area contributed by atoms with Crippen LogP contribution in [0, 0.1) is 23.7 Å². The summed E-state index contributed by atoms with van der Waals surface area (Å²) in [6.07, 6.45) is 11.2. The Labute approximate surface area is 117 Å². The topological polar surface area (TPSA) is 0 Å². The smallest absolute Gasteiger partial charge is 0.0391 e. The van der Waals surface area contributed by atoms with E-state index in [0.29, 0.717) is 0 Å². The molecule has 0 aromatic rings. The van der Waals surface area contributed by atoms with Crippen molar-refractivity contribution >= 4 is 0 Å². The number of hydrogen-bond donors (Lipinski definition) is 0. The van der Waals surface area contributed by atoms with Gasteiger partial charge < -0.3 is 0 Å². The molecule has 0 aliphatic carbocycles. The standard InChI is InChI=1S/C18H38/c1-7-10-12-18(9-3)17(6)14-16(5)13-15(4)11-8-2/h15-18H,7-14H2,1-6H3. The number of hydrogen-bond acceptors (Lipinski definition) is 0. The molecule has 0 bridgehead atoms. The SMILES string of the molecule is CCCCC(CC)C(C)CC(C)CC(C)CCC. The molecule has 0 heterocycles. The van der Waals surface area contributed by atoms with E-state index in [2.05, 4.69) is 41.5 Å². The molecule has 0 spiro atoms. The molecule has 18 heavy (non-hydrogen) atoms. The Kier molecular flexibility index (Phi) is 10.9. The van der Waals surface area contributed by atoms with E-state index in [4.69, 9.17) is 0 Å². The normalized spacial score (nSPS) is 18.3. The van der Waals surface area contributed by atoms with Gasteiger partial charge >= 0.3 is 0 Å². The van der Waals surface area contributed by atoms with Crippen molar-refractivity contribution in [2.24, 2.45) is 23.7 Å². The molecule has 0 fully saturated rings. The summed E-state index contributed by atoms with van der Waals surface area (Å²) in [5.74, 6) is 3.73. The molecule has 0 aliphatic rings. The molecule has 0 aliphatic heterocycles. The van der Waals surface area contributed by atoms with Gasteiger partial charge in [-0.25, -0.2) is 0 Å². The lowest BCUT2D eigenvalue weighted by molar-refractivity contribution is 0.247. The van der Waals surface area contributed by atoms with E-state index in [1.54, 1.807) is 0 Å². The molecule has 0 saturated heterocycles. The maximum absolute atomic E-state index is 2.49. The second kappa shape index (κ2) is 10.9. The second-order valence-electron chi connectivity index (χ2n) is 6.76. The molecule has 0 N–H and O–H groups in total. The predicted molar refractivity (Wildman–Crippen MR) is 84.9 cm³/mol. The summed E-state index contributed by atoms with van der Waals surface area (Å²) in [7, 11) is 0. The Morgan fingerprint density at radius 3 is 1.89 bits per heavy atom. The van der Waals surface area contributed by atoms with Crippen LogP contribution in [-0.4, -0.2) is 0 Å². The van der Waals surface area contributed by atoms with Crippen molar-refractivity contribution in [3.8, 4) is 0 Å². The van der Waals surface area contributed by atoms with Gasteiger partial charge in [0.15, 0.2) is 0 Å². The van der Waals surface area contributed by atoms with Gasteiger partial charge in [0.1, 0.15) is 0 Å². The van der Waals surface area contributed by atoms with Gasteiger partial charge in [-0.2, -0.15) is 0 Å². The van der Waals surface area contributed by atoms with E-state index in [9.17, 15) is 0 Å². The van der Waals surface area contributed by atoms with Gasteiger partial charge in [0.05, 0.1) is 0 Å². The molecular formula is C18H38. The maximum Gasteiger partial charge on any atom is -0.0391 e. The lowest BCUT2D eigenvalue weighted by atomic mass is 9.79. The summed E-state index contributed by atoms with van der Waals surface area (Å²) < 4.78 is 0. The van der Waals surface area contributed by atoms with E-state index in [1.807, 2.05) is 0 Å². The molecule has 4 unspecified atom stereocenters. The second-order valence-corrected chi connectivity index (χ2v) is 6.76. The third-order valence-electron chi connectivity index (χ3n) is 4.62. The van der Waals surface area contributed by atoms with Crippen LogP contribution in [0.4, 0.5) is 0 Å².